The minimum atomic E-state index is -4.30. The molecule has 3 aliphatic rings. The van der Waals surface area contributed by atoms with E-state index in [1.54, 1.807) is 24.5 Å². The van der Waals surface area contributed by atoms with Crippen LogP contribution in [-0.2, 0) is 13.1 Å². The largest absolute Gasteiger partial charge is 0.406 e. The molecule has 1 saturated heterocycles. The molecule has 6 rings (SSSR count). The monoisotopic (exact) mass is 503 g/mol. The lowest BCUT2D eigenvalue weighted by atomic mass is 9.95. The van der Waals surface area contributed by atoms with Crippen molar-refractivity contribution in [2.75, 3.05) is 18.0 Å². The number of fused-ring (bicyclic) bond motifs is 3. The van der Waals surface area contributed by atoms with E-state index in [2.05, 4.69) is 25.1 Å². The fraction of sp³-hybridized carbons (Fsp3) is 0.500. The second kappa shape index (κ2) is 8.16. The number of benzene rings is 1. The van der Waals surface area contributed by atoms with Crippen LogP contribution in [0.5, 0.6) is 0 Å². The Balaban J connectivity index is 1.33. The van der Waals surface area contributed by atoms with Gasteiger partial charge in [0, 0.05) is 36.8 Å². The highest BCUT2D eigenvalue weighted by atomic mass is 35.5. The highest BCUT2D eigenvalue weighted by molar-refractivity contribution is 6.30. The zero-order valence-electron chi connectivity index (χ0n) is 19.3. The molecule has 1 aromatic carbocycles. The van der Waals surface area contributed by atoms with Gasteiger partial charge in [0.1, 0.15) is 17.2 Å². The van der Waals surface area contributed by atoms with Gasteiger partial charge in [0.25, 0.3) is 0 Å². The molecule has 0 bridgehead atoms. The molecule has 2 aliphatic heterocycles. The molecule has 7 nitrogen and oxygen atoms in total. The fourth-order valence-corrected chi connectivity index (χ4v) is 5.65. The summed E-state index contributed by atoms with van der Waals surface area (Å²) >= 11 is 6.27. The van der Waals surface area contributed by atoms with Crippen molar-refractivity contribution in [3.63, 3.8) is 0 Å². The summed E-state index contributed by atoms with van der Waals surface area (Å²) in [6.07, 6.45) is 1.11. The molecular formula is C24H25ClF3N7. The lowest BCUT2D eigenvalue weighted by Gasteiger charge is -2.32. The van der Waals surface area contributed by atoms with E-state index < -0.39 is 11.7 Å². The molecule has 1 saturated carbocycles. The topological polar surface area (TPSA) is 63.0 Å². The number of anilines is 1. The van der Waals surface area contributed by atoms with E-state index in [-0.39, 0.29) is 31.8 Å². The van der Waals surface area contributed by atoms with E-state index in [9.17, 15) is 13.2 Å². The molecule has 35 heavy (non-hydrogen) atoms. The molecule has 184 valence electrons. The molecule has 2 fully saturated rings. The normalized spacial score (nSPS) is 20.3. The van der Waals surface area contributed by atoms with Crippen molar-refractivity contribution < 1.29 is 13.2 Å². The minimum Gasteiger partial charge on any atom is -0.355 e. The third-order valence-electron chi connectivity index (χ3n) is 7.51. The molecular weight excluding hydrogens is 479 g/mol. The van der Waals surface area contributed by atoms with Gasteiger partial charge in [-0.2, -0.15) is 13.2 Å². The van der Waals surface area contributed by atoms with Gasteiger partial charge in [-0.15, -0.1) is 10.2 Å². The second-order valence-electron chi connectivity index (χ2n) is 9.75. The number of aryl methyl sites for hydroxylation is 1. The predicted molar refractivity (Wildman–Crippen MR) is 125 cm³/mol. The van der Waals surface area contributed by atoms with Gasteiger partial charge in [-0.1, -0.05) is 11.6 Å². The predicted octanol–water partition coefficient (Wildman–Crippen LogP) is 4.81. The van der Waals surface area contributed by atoms with Crippen LogP contribution in [0, 0.1) is 6.92 Å². The van der Waals surface area contributed by atoms with Gasteiger partial charge in [0.15, 0.2) is 5.82 Å². The fourth-order valence-electron chi connectivity index (χ4n) is 5.46. The van der Waals surface area contributed by atoms with Crippen LogP contribution in [0.3, 0.4) is 0 Å². The molecule has 11 heteroatoms. The van der Waals surface area contributed by atoms with Crippen molar-refractivity contribution in [1.82, 2.24) is 29.6 Å². The van der Waals surface area contributed by atoms with Crippen molar-refractivity contribution in [2.45, 2.75) is 63.3 Å². The quantitative estimate of drug-likeness (QED) is 0.511. The maximum atomic E-state index is 14.0. The number of aromatic nitrogens is 5. The van der Waals surface area contributed by atoms with Crippen LogP contribution in [0.15, 0.2) is 30.6 Å². The Labute approximate surface area is 205 Å². The molecule has 1 aliphatic carbocycles. The third-order valence-corrected chi connectivity index (χ3v) is 7.75. The molecule has 4 heterocycles. The highest BCUT2D eigenvalue weighted by Crippen LogP contribution is 2.55. The number of hydrogen-bond acceptors (Lipinski definition) is 6. The van der Waals surface area contributed by atoms with Crippen LogP contribution in [0.1, 0.15) is 54.5 Å². The van der Waals surface area contributed by atoms with E-state index in [0.717, 1.165) is 54.5 Å². The van der Waals surface area contributed by atoms with Gasteiger partial charge in [-0.3, -0.25) is 14.5 Å². The maximum Gasteiger partial charge on any atom is 0.406 e. The standard InChI is InChI=1S/C24H25ClF3N7/c1-15-11-29-12-20(30-15)33-8-4-16(5-9-33)22-32-31-21-14-34(23(6-7-23)24(26,27)28)13-17-10-18(25)2-3-19(17)35(21)22/h2-3,10-12,16H,4-9,13-14H2,1H3. The van der Waals surface area contributed by atoms with Gasteiger partial charge in [-0.25, -0.2) is 4.98 Å². The van der Waals surface area contributed by atoms with Crippen molar-refractivity contribution in [3.8, 4) is 5.69 Å². The van der Waals surface area contributed by atoms with Crippen LogP contribution < -0.4 is 4.90 Å². The first kappa shape index (κ1) is 22.7. The first-order valence-electron chi connectivity index (χ1n) is 11.8. The van der Waals surface area contributed by atoms with Gasteiger partial charge in [0.2, 0.25) is 0 Å². The zero-order chi connectivity index (χ0) is 24.4. The molecule has 2 aromatic heterocycles. The smallest absolute Gasteiger partial charge is 0.355 e. The summed E-state index contributed by atoms with van der Waals surface area (Å²) in [4.78, 5) is 12.6. The van der Waals surface area contributed by atoms with E-state index >= 15 is 0 Å². The van der Waals surface area contributed by atoms with Crippen LogP contribution in [0.25, 0.3) is 5.69 Å². The van der Waals surface area contributed by atoms with Crippen molar-refractivity contribution in [3.05, 3.63) is 58.5 Å². The van der Waals surface area contributed by atoms with Gasteiger partial charge >= 0.3 is 6.18 Å². The number of hydrogen-bond donors (Lipinski definition) is 0. The maximum absolute atomic E-state index is 14.0. The summed E-state index contributed by atoms with van der Waals surface area (Å²) in [6.45, 7) is 3.77. The average Bonchev–Trinajstić information content (AvgIpc) is 3.58. The number of rotatable bonds is 3. The lowest BCUT2D eigenvalue weighted by molar-refractivity contribution is -0.200. The zero-order valence-corrected chi connectivity index (χ0v) is 20.0. The Morgan fingerprint density at radius 2 is 1.83 bits per heavy atom. The number of alkyl halides is 3. The first-order chi connectivity index (χ1) is 16.7. The Morgan fingerprint density at radius 1 is 1.06 bits per heavy atom. The number of halogens is 4. The van der Waals surface area contributed by atoms with E-state index in [1.165, 1.54) is 4.90 Å². The molecule has 0 N–H and O–H groups in total. The Morgan fingerprint density at radius 3 is 2.51 bits per heavy atom. The van der Waals surface area contributed by atoms with Crippen molar-refractivity contribution in [2.24, 2.45) is 0 Å². The summed E-state index contributed by atoms with van der Waals surface area (Å²) in [7, 11) is 0. The molecule has 0 atom stereocenters. The average molecular weight is 504 g/mol. The summed E-state index contributed by atoms with van der Waals surface area (Å²) < 4.78 is 44.0. The summed E-state index contributed by atoms with van der Waals surface area (Å²) in [5.41, 5.74) is 0.658. The summed E-state index contributed by atoms with van der Waals surface area (Å²) in [5, 5.41) is 9.44. The summed E-state index contributed by atoms with van der Waals surface area (Å²) in [5.74, 6) is 2.35. The van der Waals surface area contributed by atoms with Gasteiger partial charge in [-0.05, 0) is 56.4 Å². The van der Waals surface area contributed by atoms with Crippen LogP contribution in [-0.4, -0.2) is 54.4 Å². The van der Waals surface area contributed by atoms with Gasteiger partial charge < -0.3 is 4.90 Å². The van der Waals surface area contributed by atoms with E-state index in [1.807, 2.05) is 17.6 Å². The van der Waals surface area contributed by atoms with Gasteiger partial charge in [0.05, 0.1) is 24.1 Å². The lowest BCUT2D eigenvalue weighted by Crippen LogP contribution is -2.47. The number of nitrogens with zero attached hydrogens (tertiary/aromatic N) is 7. The highest BCUT2D eigenvalue weighted by Gasteiger charge is 2.66. The second-order valence-corrected chi connectivity index (χ2v) is 10.2. The van der Waals surface area contributed by atoms with E-state index in [4.69, 9.17) is 11.6 Å². The minimum absolute atomic E-state index is 0.0938. The SMILES string of the molecule is Cc1cncc(N2CCC(c3nnc4n3-c3ccc(Cl)cc3CN(C3(C(F)(F)F)CC3)C4)CC2)n1. The van der Waals surface area contributed by atoms with Crippen LogP contribution in [0.2, 0.25) is 5.02 Å². The number of piperidine rings is 1. The molecule has 0 amide bonds. The third kappa shape index (κ3) is 3.87. The Kier molecular flexibility index (Phi) is 5.30. The first-order valence-corrected chi connectivity index (χ1v) is 12.2. The Hall–Kier alpha value is -2.72. The molecule has 0 unspecified atom stereocenters. The molecule has 0 spiro atoms. The van der Waals surface area contributed by atoms with Crippen LogP contribution in [0.4, 0.5) is 19.0 Å². The Bertz CT molecular complexity index is 1260. The molecule has 3 aromatic rings. The van der Waals surface area contributed by atoms with Crippen molar-refractivity contribution >= 4 is 17.4 Å². The summed E-state index contributed by atoms with van der Waals surface area (Å²) in [6, 6.07) is 5.43. The van der Waals surface area contributed by atoms with Crippen LogP contribution >= 0.6 is 11.6 Å². The van der Waals surface area contributed by atoms with E-state index in [0.29, 0.717) is 10.8 Å². The van der Waals surface area contributed by atoms with Crippen molar-refractivity contribution in [1.29, 1.82) is 0 Å². The molecule has 0 radical (unpaired) electrons.